The summed E-state index contributed by atoms with van der Waals surface area (Å²) in [6.45, 7) is 5.67. The molecule has 1 amide bonds. The van der Waals surface area contributed by atoms with Crippen molar-refractivity contribution in [3.63, 3.8) is 0 Å². The zero-order valence-electron chi connectivity index (χ0n) is 17.5. The number of esters is 1. The van der Waals surface area contributed by atoms with Crippen LogP contribution in [0.15, 0.2) is 58.2 Å². The summed E-state index contributed by atoms with van der Waals surface area (Å²) in [5, 5.41) is 10.8. The van der Waals surface area contributed by atoms with Crippen molar-refractivity contribution in [2.24, 2.45) is 0 Å². The molecule has 8 nitrogen and oxygen atoms in total. The number of hydrogen-bond donors (Lipinski definition) is 1. The first-order valence-electron chi connectivity index (χ1n) is 9.64. The maximum atomic E-state index is 12.2. The Labute approximate surface area is 184 Å². The van der Waals surface area contributed by atoms with Gasteiger partial charge in [0.25, 0.3) is 11.1 Å². The number of aryl methyl sites for hydroxylation is 1. The van der Waals surface area contributed by atoms with Gasteiger partial charge in [-0.3, -0.25) is 4.79 Å². The summed E-state index contributed by atoms with van der Waals surface area (Å²) in [4.78, 5) is 24.2. The Kier molecular flexibility index (Phi) is 7.66. The fraction of sp³-hybridized carbons (Fsp3) is 0.273. The summed E-state index contributed by atoms with van der Waals surface area (Å²) >= 11 is 1.11. The first-order valence-corrected chi connectivity index (χ1v) is 10.6. The van der Waals surface area contributed by atoms with Crippen LogP contribution in [0.25, 0.3) is 0 Å². The average Bonchev–Trinajstić information content (AvgIpc) is 3.18. The molecule has 0 fully saturated rings. The number of carbonyl (C=O) groups is 2. The second kappa shape index (κ2) is 10.6. The molecule has 31 heavy (non-hydrogen) atoms. The van der Waals surface area contributed by atoms with Gasteiger partial charge in [0.2, 0.25) is 5.91 Å². The molecule has 3 rings (SSSR count). The molecule has 1 aromatic heterocycles. The molecule has 0 aliphatic heterocycles. The molecule has 0 aliphatic rings. The molecule has 0 atom stereocenters. The molecule has 3 aromatic rings. The van der Waals surface area contributed by atoms with Crippen LogP contribution in [0.5, 0.6) is 5.75 Å². The van der Waals surface area contributed by atoms with E-state index in [1.54, 1.807) is 38.1 Å². The van der Waals surface area contributed by atoms with Gasteiger partial charge in [0.1, 0.15) is 5.75 Å². The van der Waals surface area contributed by atoms with Crippen molar-refractivity contribution in [1.29, 1.82) is 0 Å². The zero-order chi connectivity index (χ0) is 22.2. The number of nitrogens with one attached hydrogen (secondary N) is 1. The fourth-order valence-corrected chi connectivity index (χ4v) is 3.12. The molecule has 0 radical (unpaired) electrons. The third-order valence-corrected chi connectivity index (χ3v) is 4.67. The molecule has 162 valence electrons. The van der Waals surface area contributed by atoms with Crippen LogP contribution in [0, 0.1) is 6.92 Å². The number of anilines is 1. The van der Waals surface area contributed by atoms with E-state index in [1.165, 1.54) is 0 Å². The molecule has 1 heterocycles. The van der Waals surface area contributed by atoms with Crippen molar-refractivity contribution < 1.29 is 23.5 Å². The van der Waals surface area contributed by atoms with Crippen molar-refractivity contribution >= 4 is 29.3 Å². The summed E-state index contributed by atoms with van der Waals surface area (Å²) in [6, 6.07) is 14.2. The van der Waals surface area contributed by atoms with E-state index in [2.05, 4.69) is 15.5 Å². The van der Waals surface area contributed by atoms with Gasteiger partial charge in [0, 0.05) is 5.69 Å². The number of ether oxygens (including phenoxy) is 2. The third-order valence-electron chi connectivity index (χ3n) is 3.85. The number of hydrogen-bond acceptors (Lipinski definition) is 8. The largest absolute Gasteiger partial charge is 0.484 e. The second-order valence-electron chi connectivity index (χ2n) is 6.94. The monoisotopic (exact) mass is 441 g/mol. The van der Waals surface area contributed by atoms with E-state index in [4.69, 9.17) is 13.9 Å². The Morgan fingerprint density at radius 1 is 1.13 bits per heavy atom. The van der Waals surface area contributed by atoms with Crippen LogP contribution >= 0.6 is 11.8 Å². The van der Waals surface area contributed by atoms with Crippen LogP contribution in [0.1, 0.15) is 35.7 Å². The molecule has 0 aliphatic carbocycles. The lowest BCUT2D eigenvalue weighted by atomic mass is 10.2. The van der Waals surface area contributed by atoms with E-state index in [9.17, 15) is 9.59 Å². The third kappa shape index (κ3) is 7.14. The van der Waals surface area contributed by atoms with Crippen molar-refractivity contribution in [2.45, 2.75) is 38.7 Å². The van der Waals surface area contributed by atoms with Gasteiger partial charge in [0.05, 0.1) is 17.4 Å². The van der Waals surface area contributed by atoms with Crippen LogP contribution in [-0.4, -0.2) is 33.9 Å². The number of aromatic nitrogens is 2. The Morgan fingerprint density at radius 2 is 1.94 bits per heavy atom. The normalized spacial score (nSPS) is 10.7. The van der Waals surface area contributed by atoms with Gasteiger partial charge >= 0.3 is 5.97 Å². The van der Waals surface area contributed by atoms with Crippen LogP contribution < -0.4 is 10.1 Å². The van der Waals surface area contributed by atoms with Crippen molar-refractivity contribution in [3.8, 4) is 5.75 Å². The maximum Gasteiger partial charge on any atom is 0.338 e. The molecule has 9 heteroatoms. The molecule has 0 spiro atoms. The van der Waals surface area contributed by atoms with E-state index in [0.717, 1.165) is 17.3 Å². The summed E-state index contributed by atoms with van der Waals surface area (Å²) in [5.41, 5.74) is 1.96. The lowest BCUT2D eigenvalue weighted by Crippen LogP contribution is -2.15. The minimum atomic E-state index is -0.438. The van der Waals surface area contributed by atoms with Gasteiger partial charge in [-0.2, -0.15) is 0 Å². The number of benzene rings is 2. The van der Waals surface area contributed by atoms with E-state index in [0.29, 0.717) is 22.9 Å². The zero-order valence-corrected chi connectivity index (χ0v) is 18.3. The SMILES string of the molecule is Cc1cccc(OCc2nnc(SCC(=O)Nc3cccc(C(=O)OC(C)C)c3)o2)c1. The summed E-state index contributed by atoms with van der Waals surface area (Å²) < 4.78 is 16.3. The quantitative estimate of drug-likeness (QED) is 0.388. The standard InChI is InChI=1S/C22H23N3O5S/c1-14(2)29-21(27)16-7-5-8-17(11-16)23-19(26)13-31-22-25-24-20(30-22)12-28-18-9-4-6-15(3)10-18/h4-11,14H,12-13H2,1-3H3,(H,23,26). The van der Waals surface area contributed by atoms with Crippen LogP contribution in [0.2, 0.25) is 0 Å². The fourth-order valence-electron chi connectivity index (χ4n) is 2.54. The highest BCUT2D eigenvalue weighted by Gasteiger charge is 2.13. The van der Waals surface area contributed by atoms with Crippen LogP contribution in [0.4, 0.5) is 5.69 Å². The predicted molar refractivity (Wildman–Crippen MR) is 116 cm³/mol. The topological polar surface area (TPSA) is 104 Å². The second-order valence-corrected chi connectivity index (χ2v) is 7.87. The highest BCUT2D eigenvalue weighted by atomic mass is 32.2. The van der Waals surface area contributed by atoms with E-state index >= 15 is 0 Å². The average molecular weight is 442 g/mol. The number of nitrogens with zero attached hydrogens (tertiary/aromatic N) is 2. The number of amides is 1. The van der Waals surface area contributed by atoms with Crippen molar-refractivity contribution in [2.75, 3.05) is 11.1 Å². The Morgan fingerprint density at radius 3 is 2.71 bits per heavy atom. The molecular formula is C22H23N3O5S. The van der Waals surface area contributed by atoms with Crippen LogP contribution in [-0.2, 0) is 16.1 Å². The number of carbonyl (C=O) groups excluding carboxylic acids is 2. The molecule has 0 bridgehead atoms. The summed E-state index contributed by atoms with van der Waals surface area (Å²) in [6.07, 6.45) is -0.219. The summed E-state index contributed by atoms with van der Waals surface area (Å²) in [7, 11) is 0. The van der Waals surface area contributed by atoms with Gasteiger partial charge in [-0.15, -0.1) is 10.2 Å². The number of thioether (sulfide) groups is 1. The van der Waals surface area contributed by atoms with Gasteiger partial charge < -0.3 is 19.2 Å². The minimum Gasteiger partial charge on any atom is -0.484 e. The summed E-state index contributed by atoms with van der Waals surface area (Å²) in [5.74, 6) is 0.398. The smallest absolute Gasteiger partial charge is 0.338 e. The minimum absolute atomic E-state index is 0.0705. The Balaban J connectivity index is 1.47. The van der Waals surface area contributed by atoms with E-state index in [-0.39, 0.29) is 29.6 Å². The first kappa shape index (κ1) is 22.4. The van der Waals surface area contributed by atoms with Gasteiger partial charge in [-0.05, 0) is 56.7 Å². The maximum absolute atomic E-state index is 12.2. The lowest BCUT2D eigenvalue weighted by Gasteiger charge is -2.09. The van der Waals surface area contributed by atoms with Crippen molar-refractivity contribution in [1.82, 2.24) is 10.2 Å². The molecule has 0 saturated heterocycles. The van der Waals surface area contributed by atoms with E-state index in [1.807, 2.05) is 31.2 Å². The first-order chi connectivity index (χ1) is 14.9. The highest BCUT2D eigenvalue weighted by molar-refractivity contribution is 7.99. The molecule has 0 saturated carbocycles. The van der Waals surface area contributed by atoms with E-state index < -0.39 is 5.97 Å². The van der Waals surface area contributed by atoms with Crippen molar-refractivity contribution in [3.05, 3.63) is 65.5 Å². The lowest BCUT2D eigenvalue weighted by molar-refractivity contribution is -0.113. The molecule has 1 N–H and O–H groups in total. The predicted octanol–water partition coefficient (Wildman–Crippen LogP) is 4.25. The molecule has 2 aromatic carbocycles. The van der Waals surface area contributed by atoms with Crippen LogP contribution in [0.3, 0.4) is 0 Å². The van der Waals surface area contributed by atoms with Gasteiger partial charge in [-0.25, -0.2) is 4.79 Å². The Hall–Kier alpha value is -3.33. The number of rotatable bonds is 9. The Bertz CT molecular complexity index is 1050. The van der Waals surface area contributed by atoms with Gasteiger partial charge in [0.15, 0.2) is 6.61 Å². The highest BCUT2D eigenvalue weighted by Crippen LogP contribution is 2.19. The van der Waals surface area contributed by atoms with Gasteiger partial charge in [-0.1, -0.05) is 30.0 Å². The molecule has 0 unspecified atom stereocenters. The molecular weight excluding hydrogens is 418 g/mol.